The van der Waals surface area contributed by atoms with Crippen molar-refractivity contribution >= 4 is 28.8 Å². The Hall–Kier alpha value is -3.97. The van der Waals surface area contributed by atoms with Gasteiger partial charge in [0.25, 0.3) is 11.8 Å². The highest BCUT2D eigenvalue weighted by molar-refractivity contribution is 6.02. The summed E-state index contributed by atoms with van der Waals surface area (Å²) in [5.74, 6) is -0.259. The minimum atomic E-state index is -0.456. The van der Waals surface area contributed by atoms with Crippen LogP contribution in [0.4, 0.5) is 5.95 Å². The lowest BCUT2D eigenvalue weighted by Crippen LogP contribution is -2.39. The van der Waals surface area contributed by atoms with E-state index in [9.17, 15) is 14.9 Å². The maximum atomic E-state index is 13.4. The molecule has 0 bridgehead atoms. The summed E-state index contributed by atoms with van der Waals surface area (Å²) in [7, 11) is 0. The first-order chi connectivity index (χ1) is 19.3. The third kappa shape index (κ3) is 7.82. The van der Waals surface area contributed by atoms with Crippen LogP contribution < -0.4 is 10.6 Å². The lowest BCUT2D eigenvalue weighted by Gasteiger charge is -2.26. The number of hydrogen-bond donors (Lipinski definition) is 2. The number of hydrogen-bond acceptors (Lipinski definition) is 7. The number of fused-ring (bicyclic) bond motifs is 1. The van der Waals surface area contributed by atoms with Gasteiger partial charge in [-0.3, -0.25) is 14.9 Å². The Morgan fingerprint density at radius 3 is 2.61 bits per heavy atom. The average Bonchev–Trinajstić information content (AvgIpc) is 3.64. The van der Waals surface area contributed by atoms with E-state index in [1.807, 2.05) is 16.7 Å². The average molecular weight is 560 g/mol. The molecule has 1 aliphatic heterocycles. The highest BCUT2D eigenvalue weighted by Gasteiger charge is 2.32. The smallest absolute Gasteiger partial charge is 0.296 e. The lowest BCUT2D eigenvalue weighted by atomic mass is 9.91. The van der Waals surface area contributed by atoms with Crippen molar-refractivity contribution in [2.24, 2.45) is 10.8 Å². The number of carbonyl (C=O) groups excluding carboxylic acids is 2. The summed E-state index contributed by atoms with van der Waals surface area (Å²) >= 11 is 0. The van der Waals surface area contributed by atoms with Crippen LogP contribution >= 0.6 is 0 Å². The van der Waals surface area contributed by atoms with Crippen molar-refractivity contribution in [3.8, 4) is 6.07 Å². The molecule has 41 heavy (non-hydrogen) atoms. The Balaban J connectivity index is 1.62. The largest absolute Gasteiger partial charge is 0.351 e. The first-order valence-electron chi connectivity index (χ1n) is 14.2. The van der Waals surface area contributed by atoms with Gasteiger partial charge >= 0.3 is 0 Å². The molecule has 0 saturated carbocycles. The van der Waals surface area contributed by atoms with Gasteiger partial charge in [-0.1, -0.05) is 58.8 Å². The second kappa shape index (κ2) is 12.3. The SMILES string of the molecule is CC(C)(C)C/C=C(\C#N)C(=O)N1CCC[C@@H]1Cn1c(NC(=O)c2ccno2)nc2cc(CNCC(C)(C)C)ccc21. The zero-order valence-corrected chi connectivity index (χ0v) is 25.0. The molecule has 3 aromatic rings. The quantitative estimate of drug-likeness (QED) is 0.269. The van der Waals surface area contributed by atoms with E-state index < -0.39 is 5.91 Å². The highest BCUT2D eigenvalue weighted by atomic mass is 16.5. The Bertz CT molecular complexity index is 1450. The Kier molecular flexibility index (Phi) is 8.98. The summed E-state index contributed by atoms with van der Waals surface area (Å²) in [6, 6.07) is 9.54. The minimum absolute atomic E-state index is 0.0275. The fourth-order valence-corrected chi connectivity index (χ4v) is 4.89. The van der Waals surface area contributed by atoms with Gasteiger partial charge in [0.15, 0.2) is 0 Å². The molecular weight excluding hydrogens is 518 g/mol. The van der Waals surface area contributed by atoms with E-state index in [0.717, 1.165) is 36.0 Å². The molecule has 1 saturated heterocycles. The van der Waals surface area contributed by atoms with E-state index in [2.05, 4.69) is 69.5 Å². The number of likely N-dealkylation sites (tertiary alicyclic amines) is 1. The van der Waals surface area contributed by atoms with Gasteiger partial charge in [-0.05, 0) is 47.8 Å². The van der Waals surface area contributed by atoms with E-state index in [1.54, 1.807) is 11.0 Å². The first-order valence-corrected chi connectivity index (χ1v) is 14.2. The van der Waals surface area contributed by atoms with Crippen LogP contribution in [0.2, 0.25) is 0 Å². The molecule has 1 aliphatic rings. The molecule has 0 radical (unpaired) electrons. The molecule has 10 heteroatoms. The Labute approximate surface area is 241 Å². The van der Waals surface area contributed by atoms with Gasteiger partial charge < -0.3 is 19.3 Å². The van der Waals surface area contributed by atoms with E-state index in [-0.39, 0.29) is 34.1 Å². The highest BCUT2D eigenvalue weighted by Crippen LogP contribution is 2.28. The van der Waals surface area contributed by atoms with Crippen LogP contribution in [0.1, 0.15) is 76.9 Å². The molecule has 4 rings (SSSR count). The van der Waals surface area contributed by atoms with Crippen molar-refractivity contribution < 1.29 is 14.1 Å². The number of rotatable bonds is 9. The lowest BCUT2D eigenvalue weighted by molar-refractivity contribution is -0.127. The number of anilines is 1. The third-order valence-electron chi connectivity index (χ3n) is 6.98. The summed E-state index contributed by atoms with van der Waals surface area (Å²) in [5, 5.41) is 19.7. The van der Waals surface area contributed by atoms with Crippen molar-refractivity contribution in [3.63, 3.8) is 0 Å². The number of imidazole rings is 1. The molecule has 0 aliphatic carbocycles. The van der Waals surface area contributed by atoms with Gasteiger partial charge in [0.1, 0.15) is 11.6 Å². The van der Waals surface area contributed by atoms with Crippen molar-refractivity contribution in [1.29, 1.82) is 5.26 Å². The summed E-state index contributed by atoms with van der Waals surface area (Å²) in [6.45, 7) is 15.4. The zero-order valence-electron chi connectivity index (χ0n) is 25.0. The second-order valence-electron chi connectivity index (χ2n) is 13.2. The van der Waals surface area contributed by atoms with Crippen molar-refractivity contribution in [1.82, 2.24) is 24.9 Å². The Morgan fingerprint density at radius 1 is 1.17 bits per heavy atom. The second-order valence-corrected chi connectivity index (χ2v) is 13.2. The van der Waals surface area contributed by atoms with Crippen LogP contribution in [0.3, 0.4) is 0 Å². The first kappa shape index (κ1) is 30.0. The molecule has 0 spiro atoms. The molecule has 3 heterocycles. The van der Waals surface area contributed by atoms with Crippen LogP contribution in [0.5, 0.6) is 0 Å². The van der Waals surface area contributed by atoms with Gasteiger partial charge in [-0.25, -0.2) is 4.98 Å². The van der Waals surface area contributed by atoms with Crippen molar-refractivity contribution in [2.75, 3.05) is 18.4 Å². The van der Waals surface area contributed by atoms with Crippen LogP contribution in [0.25, 0.3) is 11.0 Å². The van der Waals surface area contributed by atoms with Gasteiger partial charge in [0, 0.05) is 32.2 Å². The molecule has 10 nitrogen and oxygen atoms in total. The molecule has 0 unspecified atom stereocenters. The van der Waals surface area contributed by atoms with E-state index in [1.165, 1.54) is 12.3 Å². The number of nitrogens with one attached hydrogen (secondary N) is 2. The van der Waals surface area contributed by atoms with E-state index in [0.29, 0.717) is 32.0 Å². The number of allylic oxidation sites excluding steroid dienone is 1. The maximum absolute atomic E-state index is 13.4. The summed E-state index contributed by atoms with van der Waals surface area (Å²) in [5.41, 5.74) is 2.99. The monoisotopic (exact) mass is 559 g/mol. The fraction of sp³-hybridized carbons (Fsp3) is 0.516. The normalized spacial score (nSPS) is 16.3. The standard InChI is InChI=1S/C31H41N7O3/c1-30(2,3)13-11-22(17-32)28(40)37-15-7-8-23(37)19-38-25-10-9-21(18-33-20-31(4,5)6)16-24(25)35-29(38)36-27(39)26-12-14-34-41-26/h9-12,14,16,23,33H,7-8,13,15,18-20H2,1-6H3,(H,35,36,39)/b22-11+/t23-/m1/s1. The summed E-state index contributed by atoms with van der Waals surface area (Å²) in [4.78, 5) is 32.9. The van der Waals surface area contributed by atoms with Gasteiger partial charge in [-0.2, -0.15) is 5.26 Å². The van der Waals surface area contributed by atoms with Crippen LogP contribution in [-0.4, -0.2) is 50.6 Å². The number of benzene rings is 1. The van der Waals surface area contributed by atoms with Crippen molar-refractivity contribution in [3.05, 3.63) is 53.4 Å². The Morgan fingerprint density at radius 2 is 1.95 bits per heavy atom. The number of nitrogens with zero attached hydrogens (tertiary/aromatic N) is 5. The number of carbonyl (C=O) groups is 2. The predicted molar refractivity (Wildman–Crippen MR) is 158 cm³/mol. The zero-order chi connectivity index (χ0) is 29.8. The maximum Gasteiger partial charge on any atom is 0.296 e. The molecule has 1 fully saturated rings. The van der Waals surface area contributed by atoms with Crippen LogP contribution in [-0.2, 0) is 17.9 Å². The van der Waals surface area contributed by atoms with Gasteiger partial charge in [-0.15, -0.1) is 0 Å². The van der Waals surface area contributed by atoms with E-state index in [4.69, 9.17) is 9.51 Å². The third-order valence-corrected chi connectivity index (χ3v) is 6.98. The number of amides is 2. The van der Waals surface area contributed by atoms with Crippen LogP contribution in [0.15, 0.2) is 46.6 Å². The number of aromatic nitrogens is 3. The molecule has 2 N–H and O–H groups in total. The minimum Gasteiger partial charge on any atom is -0.351 e. The molecule has 2 amide bonds. The predicted octanol–water partition coefficient (Wildman–Crippen LogP) is 5.29. The summed E-state index contributed by atoms with van der Waals surface area (Å²) < 4.78 is 6.98. The van der Waals surface area contributed by atoms with E-state index >= 15 is 0 Å². The van der Waals surface area contributed by atoms with Crippen molar-refractivity contribution in [2.45, 2.75) is 79.9 Å². The molecule has 1 atom stereocenters. The molecule has 218 valence electrons. The molecule has 1 aromatic carbocycles. The molecular formula is C31H41N7O3. The van der Waals surface area contributed by atoms with Crippen LogP contribution in [0, 0.1) is 22.2 Å². The van der Waals surface area contributed by atoms with Gasteiger partial charge in [0.2, 0.25) is 11.7 Å². The topological polar surface area (TPSA) is 129 Å². The fourth-order valence-electron chi connectivity index (χ4n) is 4.89. The van der Waals surface area contributed by atoms with Gasteiger partial charge in [0.05, 0.1) is 23.3 Å². The summed E-state index contributed by atoms with van der Waals surface area (Å²) in [6.07, 6.45) is 5.43. The number of nitriles is 1. The molecule has 2 aromatic heterocycles.